The Labute approximate surface area is 175 Å². The van der Waals surface area contributed by atoms with Crippen LogP contribution in [0.2, 0.25) is 0 Å². The third kappa shape index (κ3) is 3.89. The standard InChI is InChI=1S/C20H25N5O4S/c1-2-30(28,29)24-12-9-14-16(13-24)22-18(23-19(14)26)17-8-4-6-11-25(17)20(27)15-7-3-5-10-21-15/h3,5,7,10,17H,2,4,6,8-9,11-13H2,1H3,(H,22,23,26)/t17-/m1/s1. The van der Waals surface area contributed by atoms with Crippen LogP contribution in [0.4, 0.5) is 0 Å². The minimum atomic E-state index is -3.37. The van der Waals surface area contributed by atoms with Crippen LogP contribution in [-0.4, -0.2) is 57.3 Å². The van der Waals surface area contributed by atoms with Crippen LogP contribution in [0, 0.1) is 0 Å². The van der Waals surface area contributed by atoms with Gasteiger partial charge in [0.1, 0.15) is 11.5 Å². The molecule has 2 aliphatic rings. The average molecular weight is 432 g/mol. The second-order valence-corrected chi connectivity index (χ2v) is 9.84. The summed E-state index contributed by atoms with van der Waals surface area (Å²) in [7, 11) is -3.37. The predicted molar refractivity (Wildman–Crippen MR) is 110 cm³/mol. The van der Waals surface area contributed by atoms with E-state index in [1.807, 2.05) is 0 Å². The molecular formula is C20H25N5O4S. The van der Waals surface area contributed by atoms with Crippen molar-refractivity contribution in [2.24, 2.45) is 0 Å². The van der Waals surface area contributed by atoms with Crippen LogP contribution >= 0.6 is 0 Å². The highest BCUT2D eigenvalue weighted by Gasteiger charge is 2.33. The molecule has 0 spiro atoms. The summed E-state index contributed by atoms with van der Waals surface area (Å²) in [5.41, 5.74) is 1.11. The number of fused-ring (bicyclic) bond motifs is 1. The summed E-state index contributed by atoms with van der Waals surface area (Å²) in [6.45, 7) is 2.52. The number of rotatable bonds is 4. The van der Waals surface area contributed by atoms with Crippen LogP contribution in [0.1, 0.15) is 59.8 Å². The molecule has 9 nitrogen and oxygen atoms in total. The van der Waals surface area contributed by atoms with E-state index in [1.54, 1.807) is 36.2 Å². The summed E-state index contributed by atoms with van der Waals surface area (Å²) in [5.74, 6) is 0.224. The van der Waals surface area contributed by atoms with Crippen LogP contribution in [0.25, 0.3) is 0 Å². The van der Waals surface area contributed by atoms with Crippen LogP contribution in [0.5, 0.6) is 0 Å². The number of H-pyrrole nitrogens is 1. The molecule has 1 N–H and O–H groups in total. The number of amides is 1. The largest absolute Gasteiger partial charge is 0.327 e. The third-order valence-electron chi connectivity index (χ3n) is 5.78. The van der Waals surface area contributed by atoms with E-state index in [9.17, 15) is 18.0 Å². The van der Waals surface area contributed by atoms with Gasteiger partial charge in [0.15, 0.2) is 0 Å². The number of nitrogens with zero attached hydrogens (tertiary/aromatic N) is 4. The van der Waals surface area contributed by atoms with Crippen molar-refractivity contribution < 1.29 is 13.2 Å². The first-order valence-corrected chi connectivity index (χ1v) is 11.8. The van der Waals surface area contributed by atoms with Gasteiger partial charge in [-0.1, -0.05) is 6.07 Å². The van der Waals surface area contributed by atoms with Gasteiger partial charge in [-0.05, 0) is 44.7 Å². The molecule has 10 heteroatoms. The second kappa shape index (κ2) is 8.27. The molecule has 0 unspecified atom stereocenters. The Morgan fingerprint density at radius 2 is 2.10 bits per heavy atom. The number of hydrogen-bond donors (Lipinski definition) is 1. The highest BCUT2D eigenvalue weighted by Crippen LogP contribution is 2.30. The van der Waals surface area contributed by atoms with Crippen molar-refractivity contribution in [3.05, 3.63) is 57.5 Å². The van der Waals surface area contributed by atoms with Crippen LogP contribution in [-0.2, 0) is 23.0 Å². The first kappa shape index (κ1) is 20.7. The summed E-state index contributed by atoms with van der Waals surface area (Å²) in [6, 6.07) is 4.82. The Kier molecular flexibility index (Phi) is 5.70. The molecule has 1 saturated heterocycles. The highest BCUT2D eigenvalue weighted by atomic mass is 32.2. The van der Waals surface area contributed by atoms with Crippen LogP contribution in [0.15, 0.2) is 29.2 Å². The normalized spacial score (nSPS) is 20.0. The molecule has 2 aliphatic heterocycles. The number of piperidine rings is 1. The molecule has 1 atom stereocenters. The average Bonchev–Trinajstić information content (AvgIpc) is 2.78. The summed E-state index contributed by atoms with van der Waals surface area (Å²) >= 11 is 0. The van der Waals surface area contributed by atoms with E-state index in [0.717, 1.165) is 12.8 Å². The Morgan fingerprint density at radius 1 is 1.27 bits per heavy atom. The Morgan fingerprint density at radius 3 is 2.83 bits per heavy atom. The lowest BCUT2D eigenvalue weighted by atomic mass is 10.00. The van der Waals surface area contributed by atoms with Crippen molar-refractivity contribution in [3.8, 4) is 0 Å². The number of aromatic amines is 1. The number of carbonyl (C=O) groups is 1. The number of sulfonamides is 1. The maximum Gasteiger partial charge on any atom is 0.273 e. The SMILES string of the molecule is CCS(=O)(=O)N1CCc2c(nc([C@H]3CCCCN3C(=O)c3ccccn3)[nH]c2=O)C1. The van der Waals surface area contributed by atoms with E-state index in [-0.39, 0.29) is 36.4 Å². The number of hydrogen-bond acceptors (Lipinski definition) is 6. The van der Waals surface area contributed by atoms with Crippen molar-refractivity contribution in [1.82, 2.24) is 24.2 Å². The predicted octanol–water partition coefficient (Wildman–Crippen LogP) is 1.24. The fourth-order valence-electron chi connectivity index (χ4n) is 4.11. The summed E-state index contributed by atoms with van der Waals surface area (Å²) in [4.78, 5) is 39.1. The topological polar surface area (TPSA) is 116 Å². The van der Waals surface area contributed by atoms with E-state index in [2.05, 4.69) is 15.0 Å². The minimum Gasteiger partial charge on any atom is -0.327 e. The summed E-state index contributed by atoms with van der Waals surface area (Å²) in [6.07, 6.45) is 4.37. The lowest BCUT2D eigenvalue weighted by Gasteiger charge is -2.35. The highest BCUT2D eigenvalue weighted by molar-refractivity contribution is 7.89. The monoisotopic (exact) mass is 431 g/mol. The zero-order valence-electron chi connectivity index (χ0n) is 16.9. The molecule has 0 radical (unpaired) electrons. The van der Waals surface area contributed by atoms with Gasteiger partial charge < -0.3 is 9.88 Å². The first-order valence-electron chi connectivity index (χ1n) is 10.2. The molecule has 1 fully saturated rings. The van der Waals surface area contributed by atoms with Gasteiger partial charge in [0.05, 0.1) is 24.0 Å². The Balaban J connectivity index is 1.68. The van der Waals surface area contributed by atoms with Gasteiger partial charge in [0.25, 0.3) is 11.5 Å². The number of aromatic nitrogens is 3. The lowest BCUT2D eigenvalue weighted by Crippen LogP contribution is -2.43. The molecule has 4 rings (SSSR count). The van der Waals surface area contributed by atoms with Gasteiger partial charge >= 0.3 is 0 Å². The van der Waals surface area contributed by atoms with Crippen molar-refractivity contribution in [2.75, 3.05) is 18.8 Å². The molecular weight excluding hydrogens is 406 g/mol. The molecule has 2 aromatic rings. The smallest absolute Gasteiger partial charge is 0.273 e. The fourth-order valence-corrected chi connectivity index (χ4v) is 5.16. The summed E-state index contributed by atoms with van der Waals surface area (Å²) in [5, 5.41) is 0. The molecule has 0 bridgehead atoms. The van der Waals surface area contributed by atoms with Crippen LogP contribution in [0.3, 0.4) is 0 Å². The third-order valence-corrected chi connectivity index (χ3v) is 7.61. The van der Waals surface area contributed by atoms with Gasteiger partial charge in [-0.2, -0.15) is 4.31 Å². The summed E-state index contributed by atoms with van der Waals surface area (Å²) < 4.78 is 26.0. The number of pyridine rings is 1. The van der Waals surface area contributed by atoms with Crippen molar-refractivity contribution >= 4 is 15.9 Å². The van der Waals surface area contributed by atoms with Crippen molar-refractivity contribution in [2.45, 2.75) is 45.2 Å². The Bertz CT molecular complexity index is 1100. The first-order chi connectivity index (χ1) is 14.4. The lowest BCUT2D eigenvalue weighted by molar-refractivity contribution is 0.0592. The maximum atomic E-state index is 13.0. The molecule has 2 aromatic heterocycles. The van der Waals surface area contributed by atoms with Crippen molar-refractivity contribution in [1.29, 1.82) is 0 Å². The zero-order chi connectivity index (χ0) is 21.3. The van der Waals surface area contributed by atoms with Gasteiger partial charge in [0.2, 0.25) is 10.0 Å². The second-order valence-electron chi connectivity index (χ2n) is 7.59. The molecule has 4 heterocycles. The van der Waals surface area contributed by atoms with Gasteiger partial charge in [-0.25, -0.2) is 13.4 Å². The van der Waals surface area contributed by atoms with Gasteiger partial charge in [-0.15, -0.1) is 0 Å². The molecule has 0 saturated carbocycles. The molecule has 1 amide bonds. The maximum absolute atomic E-state index is 13.0. The fraction of sp³-hybridized carbons (Fsp3) is 0.500. The number of likely N-dealkylation sites (tertiary alicyclic amines) is 1. The van der Waals surface area contributed by atoms with E-state index in [1.165, 1.54) is 4.31 Å². The van der Waals surface area contributed by atoms with E-state index in [4.69, 9.17) is 0 Å². The Hall–Kier alpha value is -2.59. The van der Waals surface area contributed by atoms with Gasteiger partial charge in [0, 0.05) is 24.8 Å². The van der Waals surface area contributed by atoms with E-state index >= 15 is 0 Å². The van der Waals surface area contributed by atoms with Gasteiger partial charge in [-0.3, -0.25) is 14.6 Å². The molecule has 0 aromatic carbocycles. The minimum absolute atomic E-state index is 0.00730. The molecule has 0 aliphatic carbocycles. The van der Waals surface area contributed by atoms with Crippen molar-refractivity contribution in [3.63, 3.8) is 0 Å². The molecule has 30 heavy (non-hydrogen) atoms. The molecule has 160 valence electrons. The quantitative estimate of drug-likeness (QED) is 0.779. The number of carbonyl (C=O) groups excluding carboxylic acids is 1. The van der Waals surface area contributed by atoms with E-state index in [0.29, 0.717) is 42.2 Å². The van der Waals surface area contributed by atoms with E-state index < -0.39 is 10.0 Å². The number of nitrogens with one attached hydrogen (secondary N) is 1. The van der Waals surface area contributed by atoms with Crippen LogP contribution < -0.4 is 5.56 Å². The zero-order valence-corrected chi connectivity index (χ0v) is 17.7.